The molecule has 0 atom stereocenters. The van der Waals surface area contributed by atoms with Crippen LogP contribution in [0.5, 0.6) is 0 Å². The van der Waals surface area contributed by atoms with Crippen LogP contribution in [0.1, 0.15) is 43.0 Å². The van der Waals surface area contributed by atoms with Gasteiger partial charge in [0.2, 0.25) is 5.91 Å². The van der Waals surface area contributed by atoms with Crippen LogP contribution in [0.25, 0.3) is 10.2 Å². The molecule has 29 heavy (non-hydrogen) atoms. The highest BCUT2D eigenvalue weighted by molar-refractivity contribution is 7.99. The van der Waals surface area contributed by atoms with Crippen LogP contribution in [-0.4, -0.2) is 33.8 Å². The maximum absolute atomic E-state index is 13.2. The third-order valence-corrected chi connectivity index (χ3v) is 6.93. The van der Waals surface area contributed by atoms with Crippen molar-refractivity contribution in [1.82, 2.24) is 20.2 Å². The standard InChI is InChI=1S/C20H26N4O3S2/c1-3-5-6-11-24-18(26)16-13-8-7-9-14(13)29-17(16)23-20(24)28-12-15(25)22-19(27)21-10-4-2/h4H,2-3,5-12H2,1H3,(H2,21,22,25,27). The number of aromatic nitrogens is 2. The van der Waals surface area contributed by atoms with Crippen molar-refractivity contribution in [3.63, 3.8) is 0 Å². The maximum Gasteiger partial charge on any atom is 0.321 e. The number of urea groups is 1. The highest BCUT2D eigenvalue weighted by Crippen LogP contribution is 2.35. The van der Waals surface area contributed by atoms with Crippen LogP contribution in [0.2, 0.25) is 0 Å². The highest BCUT2D eigenvalue weighted by atomic mass is 32.2. The van der Waals surface area contributed by atoms with Gasteiger partial charge in [-0.05, 0) is 31.2 Å². The predicted molar refractivity (Wildman–Crippen MR) is 118 cm³/mol. The number of hydrogen-bond acceptors (Lipinski definition) is 6. The molecule has 0 spiro atoms. The van der Waals surface area contributed by atoms with E-state index >= 15 is 0 Å². The minimum atomic E-state index is -0.561. The van der Waals surface area contributed by atoms with E-state index in [-0.39, 0.29) is 17.9 Å². The fourth-order valence-corrected chi connectivity index (χ4v) is 5.52. The van der Waals surface area contributed by atoms with Gasteiger partial charge in [0.05, 0.1) is 11.1 Å². The van der Waals surface area contributed by atoms with Crippen LogP contribution < -0.4 is 16.2 Å². The zero-order valence-corrected chi connectivity index (χ0v) is 18.2. The topological polar surface area (TPSA) is 93.1 Å². The van der Waals surface area contributed by atoms with Crippen molar-refractivity contribution in [2.45, 2.75) is 57.1 Å². The van der Waals surface area contributed by atoms with Crippen molar-refractivity contribution in [3.8, 4) is 0 Å². The molecule has 1 aliphatic carbocycles. The number of nitrogens with zero attached hydrogens (tertiary/aromatic N) is 2. The van der Waals surface area contributed by atoms with Gasteiger partial charge in [-0.25, -0.2) is 9.78 Å². The van der Waals surface area contributed by atoms with Gasteiger partial charge in [0, 0.05) is 18.0 Å². The number of thiophene rings is 1. The number of unbranched alkanes of at least 4 members (excludes halogenated alkanes) is 2. The molecule has 9 heteroatoms. The highest BCUT2D eigenvalue weighted by Gasteiger charge is 2.23. The SMILES string of the molecule is C=CCNC(=O)NC(=O)CSc1nc2sc3c(c2c(=O)n1CCCCC)CCC3. The summed E-state index contributed by atoms with van der Waals surface area (Å²) in [5, 5.41) is 6.07. The van der Waals surface area contributed by atoms with Gasteiger partial charge in [-0.1, -0.05) is 37.6 Å². The maximum atomic E-state index is 13.2. The fraction of sp³-hybridized carbons (Fsp3) is 0.500. The van der Waals surface area contributed by atoms with Crippen molar-refractivity contribution >= 4 is 45.3 Å². The van der Waals surface area contributed by atoms with Gasteiger partial charge in [0.1, 0.15) is 4.83 Å². The molecule has 7 nitrogen and oxygen atoms in total. The summed E-state index contributed by atoms with van der Waals surface area (Å²) in [6.07, 6.45) is 7.55. The number of hydrogen-bond donors (Lipinski definition) is 2. The Bertz CT molecular complexity index is 980. The molecule has 1 aliphatic rings. The third-order valence-electron chi connectivity index (χ3n) is 4.77. The van der Waals surface area contributed by atoms with Gasteiger partial charge in [0.15, 0.2) is 5.16 Å². The monoisotopic (exact) mass is 434 g/mol. The minimum Gasteiger partial charge on any atom is -0.334 e. The summed E-state index contributed by atoms with van der Waals surface area (Å²) in [5.41, 5.74) is 1.16. The number of imide groups is 1. The van der Waals surface area contributed by atoms with Gasteiger partial charge in [-0.15, -0.1) is 17.9 Å². The zero-order chi connectivity index (χ0) is 20.8. The lowest BCUT2D eigenvalue weighted by Crippen LogP contribution is -2.40. The van der Waals surface area contributed by atoms with Gasteiger partial charge in [-0.3, -0.25) is 19.5 Å². The van der Waals surface area contributed by atoms with Gasteiger partial charge in [-0.2, -0.15) is 0 Å². The van der Waals surface area contributed by atoms with Crippen molar-refractivity contribution in [2.75, 3.05) is 12.3 Å². The first-order valence-corrected chi connectivity index (χ1v) is 11.7. The number of carbonyl (C=O) groups excluding carboxylic acids is 2. The molecule has 3 rings (SSSR count). The number of thioether (sulfide) groups is 1. The smallest absolute Gasteiger partial charge is 0.321 e. The molecule has 2 heterocycles. The zero-order valence-electron chi connectivity index (χ0n) is 16.6. The average Bonchev–Trinajstić information content (AvgIpc) is 3.27. The molecule has 0 saturated heterocycles. The minimum absolute atomic E-state index is 0.00265. The van der Waals surface area contributed by atoms with Crippen LogP contribution in [0.15, 0.2) is 22.6 Å². The molecular weight excluding hydrogens is 408 g/mol. The van der Waals surface area contributed by atoms with Crippen molar-refractivity contribution in [2.24, 2.45) is 0 Å². The summed E-state index contributed by atoms with van der Waals surface area (Å²) in [4.78, 5) is 43.7. The number of aryl methyl sites for hydroxylation is 2. The lowest BCUT2D eigenvalue weighted by Gasteiger charge is -2.12. The van der Waals surface area contributed by atoms with Crippen LogP contribution in [0.4, 0.5) is 4.79 Å². The molecule has 0 fully saturated rings. The molecule has 2 aromatic rings. The van der Waals surface area contributed by atoms with Crippen molar-refractivity contribution < 1.29 is 9.59 Å². The number of carbonyl (C=O) groups is 2. The predicted octanol–water partition coefficient (Wildman–Crippen LogP) is 3.24. The second-order valence-corrected chi connectivity index (χ2v) is 8.96. The van der Waals surface area contributed by atoms with E-state index in [1.165, 1.54) is 28.3 Å². The summed E-state index contributed by atoms with van der Waals surface area (Å²) in [6, 6.07) is -0.561. The Hall–Kier alpha value is -2.13. The van der Waals surface area contributed by atoms with Gasteiger partial charge < -0.3 is 5.32 Å². The molecule has 0 aliphatic heterocycles. The van der Waals surface area contributed by atoms with Crippen LogP contribution in [0.3, 0.4) is 0 Å². The Morgan fingerprint density at radius 3 is 2.93 bits per heavy atom. The van der Waals surface area contributed by atoms with E-state index in [9.17, 15) is 14.4 Å². The molecule has 0 bridgehead atoms. The first-order valence-electron chi connectivity index (χ1n) is 9.91. The molecule has 156 valence electrons. The Balaban J connectivity index is 1.81. The van der Waals surface area contributed by atoms with E-state index < -0.39 is 11.9 Å². The summed E-state index contributed by atoms with van der Waals surface area (Å²) < 4.78 is 1.71. The van der Waals surface area contributed by atoms with Crippen LogP contribution in [0, 0.1) is 0 Å². The summed E-state index contributed by atoms with van der Waals surface area (Å²) in [7, 11) is 0. The van der Waals surface area contributed by atoms with E-state index in [4.69, 9.17) is 4.98 Å². The van der Waals surface area contributed by atoms with E-state index in [0.717, 1.165) is 48.7 Å². The largest absolute Gasteiger partial charge is 0.334 e. The Labute approximate surface area is 178 Å². The Morgan fingerprint density at radius 2 is 2.17 bits per heavy atom. The molecule has 0 saturated carbocycles. The van der Waals surface area contributed by atoms with E-state index in [1.807, 2.05) is 0 Å². The molecular formula is C20H26N4O3S2. The Kier molecular flexibility index (Phi) is 7.49. The number of amides is 3. The quantitative estimate of drug-likeness (QED) is 0.274. The molecule has 2 aromatic heterocycles. The molecule has 0 radical (unpaired) electrons. The molecule has 3 amide bonds. The number of rotatable bonds is 9. The van der Waals surface area contributed by atoms with Gasteiger partial charge >= 0.3 is 6.03 Å². The van der Waals surface area contributed by atoms with E-state index in [2.05, 4.69) is 24.1 Å². The molecule has 0 unspecified atom stereocenters. The van der Waals surface area contributed by atoms with Crippen LogP contribution >= 0.6 is 23.1 Å². The van der Waals surface area contributed by atoms with Gasteiger partial charge in [0.25, 0.3) is 5.56 Å². The molecule has 0 aromatic carbocycles. The second kappa shape index (κ2) is 10.1. The lowest BCUT2D eigenvalue weighted by atomic mass is 10.2. The number of fused-ring (bicyclic) bond motifs is 3. The fourth-order valence-electron chi connectivity index (χ4n) is 3.39. The molecule has 2 N–H and O–H groups in total. The lowest BCUT2D eigenvalue weighted by molar-refractivity contribution is -0.117. The van der Waals surface area contributed by atoms with E-state index in [0.29, 0.717) is 11.7 Å². The second-order valence-electron chi connectivity index (χ2n) is 6.93. The number of nitrogens with one attached hydrogen (secondary N) is 2. The summed E-state index contributed by atoms with van der Waals surface area (Å²) in [5.74, 6) is -0.419. The van der Waals surface area contributed by atoms with E-state index in [1.54, 1.807) is 15.9 Å². The summed E-state index contributed by atoms with van der Waals surface area (Å²) in [6.45, 7) is 6.50. The van der Waals surface area contributed by atoms with Crippen molar-refractivity contribution in [1.29, 1.82) is 0 Å². The Morgan fingerprint density at radius 1 is 1.34 bits per heavy atom. The first-order chi connectivity index (χ1) is 14.0. The summed E-state index contributed by atoms with van der Waals surface area (Å²) >= 11 is 2.79. The van der Waals surface area contributed by atoms with Crippen molar-refractivity contribution in [3.05, 3.63) is 33.4 Å². The first kappa shape index (κ1) is 21.6. The third kappa shape index (κ3) is 5.08. The normalized spacial score (nSPS) is 12.7. The average molecular weight is 435 g/mol. The van der Waals surface area contributed by atoms with Crippen LogP contribution in [-0.2, 0) is 24.2 Å².